The molecular formula is C27H28F2N6O5. The van der Waals surface area contributed by atoms with Gasteiger partial charge in [0.1, 0.15) is 17.2 Å². The molecule has 1 N–H and O–H groups in total. The number of pyridine rings is 2. The minimum Gasteiger partial charge on any atom is -0.479 e. The van der Waals surface area contributed by atoms with Crippen LogP contribution in [0.5, 0.6) is 11.8 Å². The van der Waals surface area contributed by atoms with Crippen LogP contribution in [-0.4, -0.2) is 62.0 Å². The van der Waals surface area contributed by atoms with Crippen LogP contribution in [0.25, 0.3) is 0 Å². The van der Waals surface area contributed by atoms with Crippen LogP contribution in [0.3, 0.4) is 0 Å². The van der Waals surface area contributed by atoms with Gasteiger partial charge in [-0.25, -0.2) is 4.98 Å². The number of fused-ring (bicyclic) bond motifs is 2. The smallest absolute Gasteiger partial charge is 0.292 e. The zero-order valence-electron chi connectivity index (χ0n) is 22.1. The highest BCUT2D eigenvalue weighted by atomic mass is 19.1. The molecule has 2 fully saturated rings. The average molecular weight is 555 g/mol. The molecule has 3 aliphatic rings. The highest BCUT2D eigenvalue weighted by Gasteiger charge is 2.50. The Hall–Kier alpha value is -4.26. The van der Waals surface area contributed by atoms with E-state index >= 15 is 8.78 Å². The molecular weight excluding hydrogens is 526 g/mol. The number of nitrogens with zero attached hydrogens (tertiary/aromatic N) is 5. The Balaban J connectivity index is 1.32. The molecule has 13 heteroatoms. The number of rotatable bonds is 7. The van der Waals surface area contributed by atoms with Gasteiger partial charge in [-0.1, -0.05) is 0 Å². The Morgan fingerprint density at radius 2 is 1.77 bits per heavy atom. The highest BCUT2D eigenvalue weighted by molar-refractivity contribution is 5.74. The summed E-state index contributed by atoms with van der Waals surface area (Å²) in [7, 11) is 2.53. The number of nitrogens with one attached hydrogen (secondary N) is 1. The van der Waals surface area contributed by atoms with Gasteiger partial charge in [-0.15, -0.1) is 0 Å². The largest absolute Gasteiger partial charge is 0.479 e. The number of anilines is 4. The van der Waals surface area contributed by atoms with Gasteiger partial charge >= 0.3 is 0 Å². The molecule has 0 bridgehead atoms. The van der Waals surface area contributed by atoms with Crippen molar-refractivity contribution in [3.8, 4) is 11.8 Å². The number of hydrogen-bond donors (Lipinski definition) is 1. The zero-order chi connectivity index (χ0) is 28.0. The molecule has 1 aliphatic carbocycles. The molecule has 210 valence electrons. The maximum Gasteiger partial charge on any atom is 0.292 e. The molecule has 0 unspecified atom stereocenters. The van der Waals surface area contributed by atoms with Crippen LogP contribution in [0.4, 0.5) is 37.3 Å². The number of nitro benzene ring substituents is 1. The van der Waals surface area contributed by atoms with Crippen molar-refractivity contribution in [3.05, 3.63) is 63.3 Å². The van der Waals surface area contributed by atoms with E-state index in [9.17, 15) is 10.1 Å². The van der Waals surface area contributed by atoms with Crippen molar-refractivity contribution < 1.29 is 27.9 Å². The highest BCUT2D eigenvalue weighted by Crippen LogP contribution is 2.54. The lowest BCUT2D eigenvalue weighted by Gasteiger charge is -2.37. The monoisotopic (exact) mass is 554 g/mol. The van der Waals surface area contributed by atoms with E-state index in [1.807, 2.05) is 6.07 Å². The minimum atomic E-state index is -0.890. The molecule has 1 spiro atoms. The fourth-order valence-electron chi connectivity index (χ4n) is 5.60. The van der Waals surface area contributed by atoms with Crippen molar-refractivity contribution >= 4 is 28.6 Å². The van der Waals surface area contributed by atoms with E-state index in [-0.39, 0.29) is 35.1 Å². The quantitative estimate of drug-likeness (QED) is 0.335. The molecule has 0 atom stereocenters. The van der Waals surface area contributed by atoms with Crippen molar-refractivity contribution in [2.75, 3.05) is 62.2 Å². The van der Waals surface area contributed by atoms with E-state index in [2.05, 4.69) is 20.2 Å². The number of aromatic nitrogens is 2. The molecule has 1 aromatic carbocycles. The van der Waals surface area contributed by atoms with Gasteiger partial charge in [-0.2, -0.15) is 13.8 Å². The fourth-order valence-corrected chi connectivity index (χ4v) is 5.60. The molecule has 3 aromatic rings. The molecule has 2 aliphatic heterocycles. The van der Waals surface area contributed by atoms with Crippen LogP contribution in [0, 0.1) is 21.7 Å². The standard InChI is InChI=1S/C27H28F2N6O5/c1-38-25-22(28)24(23(29)26(32-25)39-2)34-14-16-13-30-21(12-18(16)27(15-34)5-6-27)31-19-11-17(3-4-20(19)35(36)37)33-7-9-40-10-8-33/h3-4,11-13H,5-10,14-15H2,1-2H3,(H,30,31). The van der Waals surface area contributed by atoms with Crippen LogP contribution >= 0.6 is 0 Å². The second kappa shape index (κ2) is 10.0. The molecule has 0 radical (unpaired) electrons. The summed E-state index contributed by atoms with van der Waals surface area (Å²) in [5.74, 6) is -2.01. The Kier molecular flexibility index (Phi) is 6.53. The van der Waals surface area contributed by atoms with Gasteiger partial charge < -0.3 is 29.3 Å². The number of ether oxygens (including phenoxy) is 3. The van der Waals surface area contributed by atoms with Crippen molar-refractivity contribution in [1.29, 1.82) is 0 Å². The van der Waals surface area contributed by atoms with Crippen LogP contribution in [0.1, 0.15) is 24.0 Å². The molecule has 4 heterocycles. The molecule has 6 rings (SSSR count). The second-order valence-corrected chi connectivity index (χ2v) is 10.2. The first kappa shape index (κ1) is 26.0. The van der Waals surface area contributed by atoms with E-state index < -0.39 is 16.6 Å². The van der Waals surface area contributed by atoms with E-state index in [4.69, 9.17) is 14.2 Å². The summed E-state index contributed by atoms with van der Waals surface area (Å²) in [6.45, 7) is 3.17. The van der Waals surface area contributed by atoms with Gasteiger partial charge in [0.15, 0.2) is 0 Å². The maximum absolute atomic E-state index is 15.2. The Morgan fingerprint density at radius 3 is 2.40 bits per heavy atom. The zero-order valence-corrected chi connectivity index (χ0v) is 22.1. The molecule has 1 saturated heterocycles. The number of halogens is 2. The third kappa shape index (κ3) is 4.49. The lowest BCUT2D eigenvalue weighted by atomic mass is 9.87. The van der Waals surface area contributed by atoms with Gasteiger partial charge in [-0.3, -0.25) is 10.1 Å². The van der Waals surface area contributed by atoms with Crippen LogP contribution in [0.15, 0.2) is 30.5 Å². The van der Waals surface area contributed by atoms with Crippen LogP contribution in [-0.2, 0) is 16.7 Å². The predicted octanol–water partition coefficient (Wildman–Crippen LogP) is 4.31. The summed E-state index contributed by atoms with van der Waals surface area (Å²) in [6.07, 6.45) is 3.32. The number of benzene rings is 1. The number of methoxy groups -OCH3 is 2. The first-order valence-electron chi connectivity index (χ1n) is 12.9. The van der Waals surface area contributed by atoms with Crippen LogP contribution in [0.2, 0.25) is 0 Å². The average Bonchev–Trinajstić information content (AvgIpc) is 3.73. The summed E-state index contributed by atoms with van der Waals surface area (Å²) >= 11 is 0. The third-order valence-corrected chi connectivity index (χ3v) is 7.78. The van der Waals surface area contributed by atoms with E-state index in [0.717, 1.165) is 29.7 Å². The van der Waals surface area contributed by atoms with E-state index in [0.29, 0.717) is 44.4 Å². The lowest BCUT2D eigenvalue weighted by Crippen LogP contribution is -2.39. The topological polar surface area (TPSA) is 115 Å². The fraction of sp³-hybridized carbons (Fsp3) is 0.407. The summed E-state index contributed by atoms with van der Waals surface area (Å²) in [5.41, 5.74) is 2.40. The van der Waals surface area contributed by atoms with Gasteiger partial charge in [-0.05, 0) is 42.2 Å². The Bertz CT molecular complexity index is 1450. The molecule has 1 saturated carbocycles. The lowest BCUT2D eigenvalue weighted by molar-refractivity contribution is -0.383. The van der Waals surface area contributed by atoms with Gasteiger partial charge in [0, 0.05) is 49.5 Å². The van der Waals surface area contributed by atoms with E-state index in [1.54, 1.807) is 23.2 Å². The first-order valence-corrected chi connectivity index (χ1v) is 12.9. The molecule has 2 aromatic heterocycles. The Labute approximate surface area is 228 Å². The van der Waals surface area contributed by atoms with Crippen molar-refractivity contribution in [2.24, 2.45) is 0 Å². The van der Waals surface area contributed by atoms with Crippen molar-refractivity contribution in [3.63, 3.8) is 0 Å². The second-order valence-electron chi connectivity index (χ2n) is 10.2. The minimum absolute atomic E-state index is 0.0598. The number of morpholine rings is 1. The summed E-state index contributed by atoms with van der Waals surface area (Å²) in [4.78, 5) is 23.4. The molecule has 40 heavy (non-hydrogen) atoms. The van der Waals surface area contributed by atoms with Gasteiger partial charge in [0.2, 0.25) is 11.6 Å². The normalized spacial score (nSPS) is 17.4. The molecule has 11 nitrogen and oxygen atoms in total. The SMILES string of the molecule is COc1nc(OC)c(F)c(N2Cc3cnc(Nc4cc(N5CCOCC5)ccc4[N+](=O)[O-])cc3C3(CC3)C2)c1F. The number of hydrogen-bond acceptors (Lipinski definition) is 10. The summed E-state index contributed by atoms with van der Waals surface area (Å²) < 4.78 is 45.9. The number of nitro groups is 1. The first-order chi connectivity index (χ1) is 19.3. The van der Waals surface area contributed by atoms with Crippen LogP contribution < -0.4 is 24.6 Å². The Morgan fingerprint density at radius 1 is 1.07 bits per heavy atom. The summed E-state index contributed by atoms with van der Waals surface area (Å²) in [6, 6.07) is 6.89. The van der Waals surface area contributed by atoms with Gasteiger partial charge in [0.25, 0.3) is 17.4 Å². The third-order valence-electron chi connectivity index (χ3n) is 7.78. The van der Waals surface area contributed by atoms with E-state index in [1.165, 1.54) is 20.3 Å². The maximum atomic E-state index is 15.2. The molecule has 0 amide bonds. The van der Waals surface area contributed by atoms with Crippen molar-refractivity contribution in [2.45, 2.75) is 24.8 Å². The predicted molar refractivity (Wildman–Crippen MR) is 143 cm³/mol. The summed E-state index contributed by atoms with van der Waals surface area (Å²) in [5, 5.41) is 14.9. The van der Waals surface area contributed by atoms with Crippen molar-refractivity contribution in [1.82, 2.24) is 9.97 Å². The van der Waals surface area contributed by atoms with Gasteiger partial charge in [0.05, 0.1) is 32.4 Å².